The molecule has 1 aromatic carbocycles. The summed E-state index contributed by atoms with van der Waals surface area (Å²) in [6.45, 7) is 6.23. The lowest BCUT2D eigenvalue weighted by atomic mass is 9.99. The van der Waals surface area contributed by atoms with Crippen LogP contribution in [0.1, 0.15) is 43.6 Å². The molecule has 0 N–H and O–H groups in total. The zero-order valence-electron chi connectivity index (χ0n) is 13.8. The van der Waals surface area contributed by atoms with Crippen molar-refractivity contribution in [3.63, 3.8) is 0 Å². The molecule has 1 fully saturated rings. The Hall–Kier alpha value is -2.17. The average molecular weight is 313 g/mol. The van der Waals surface area contributed by atoms with Crippen LogP contribution in [-0.2, 0) is 6.54 Å². The molecule has 0 radical (unpaired) electrons. The monoisotopic (exact) mass is 313 g/mol. The number of piperidine rings is 1. The summed E-state index contributed by atoms with van der Waals surface area (Å²) < 4.78 is 1.43. The van der Waals surface area contributed by atoms with Crippen molar-refractivity contribution in [3.8, 4) is 0 Å². The van der Waals surface area contributed by atoms with E-state index in [1.54, 1.807) is 6.07 Å². The zero-order valence-corrected chi connectivity index (χ0v) is 13.8. The molecular weight excluding hydrogens is 290 g/mol. The molecule has 1 atom stereocenters. The van der Waals surface area contributed by atoms with Gasteiger partial charge in [-0.1, -0.05) is 32.0 Å². The maximum Gasteiger partial charge on any atom is 0.274 e. The summed E-state index contributed by atoms with van der Waals surface area (Å²) in [5, 5.41) is 5.64. The number of fused-ring (bicyclic) bond motifs is 1. The van der Waals surface area contributed by atoms with Gasteiger partial charge >= 0.3 is 0 Å². The molecule has 0 saturated carbocycles. The minimum Gasteiger partial charge on any atom is -0.337 e. The third-order valence-corrected chi connectivity index (χ3v) is 4.45. The highest BCUT2D eigenvalue weighted by Crippen LogP contribution is 2.20. The highest BCUT2D eigenvalue weighted by molar-refractivity contribution is 6.04. The van der Waals surface area contributed by atoms with Crippen molar-refractivity contribution in [1.29, 1.82) is 0 Å². The van der Waals surface area contributed by atoms with Crippen molar-refractivity contribution in [1.82, 2.24) is 14.7 Å². The highest BCUT2D eigenvalue weighted by atomic mass is 16.2. The van der Waals surface area contributed by atoms with Gasteiger partial charge in [-0.25, -0.2) is 4.68 Å². The van der Waals surface area contributed by atoms with Crippen molar-refractivity contribution < 1.29 is 4.79 Å². The number of aromatic nitrogens is 2. The molecule has 1 saturated heterocycles. The maximum atomic E-state index is 13.0. The quantitative estimate of drug-likeness (QED) is 0.875. The van der Waals surface area contributed by atoms with Gasteiger partial charge in [0.15, 0.2) is 5.69 Å². The Morgan fingerprint density at radius 1 is 1.30 bits per heavy atom. The fraction of sp³-hybridized carbons (Fsp3) is 0.500. The molecule has 3 rings (SSSR count). The van der Waals surface area contributed by atoms with Crippen LogP contribution in [0, 0.1) is 5.92 Å². The molecular formula is C18H23N3O2. The second-order valence-corrected chi connectivity index (χ2v) is 6.42. The molecule has 1 aliphatic rings. The van der Waals surface area contributed by atoms with Gasteiger partial charge in [-0.2, -0.15) is 5.10 Å². The van der Waals surface area contributed by atoms with Crippen LogP contribution in [0.3, 0.4) is 0 Å². The number of amides is 1. The van der Waals surface area contributed by atoms with Gasteiger partial charge in [0.1, 0.15) is 0 Å². The minimum absolute atomic E-state index is 0.0578. The summed E-state index contributed by atoms with van der Waals surface area (Å²) in [7, 11) is 0. The van der Waals surface area contributed by atoms with Crippen molar-refractivity contribution in [2.75, 3.05) is 13.1 Å². The van der Waals surface area contributed by atoms with E-state index >= 15 is 0 Å². The molecule has 0 bridgehead atoms. The number of carbonyl (C=O) groups excluding carboxylic acids is 1. The van der Waals surface area contributed by atoms with Crippen molar-refractivity contribution in [3.05, 3.63) is 40.3 Å². The topological polar surface area (TPSA) is 55.2 Å². The molecule has 5 heteroatoms. The highest BCUT2D eigenvalue weighted by Gasteiger charge is 2.25. The smallest absolute Gasteiger partial charge is 0.274 e. The number of hydrogen-bond donors (Lipinski definition) is 0. The summed E-state index contributed by atoms with van der Waals surface area (Å²) in [6, 6.07) is 7.28. The fourth-order valence-electron chi connectivity index (χ4n) is 3.28. The van der Waals surface area contributed by atoms with Crippen LogP contribution in [0.2, 0.25) is 0 Å². The summed E-state index contributed by atoms with van der Waals surface area (Å²) in [5.41, 5.74) is 0.286. The van der Waals surface area contributed by atoms with E-state index in [2.05, 4.69) is 12.0 Å². The summed E-state index contributed by atoms with van der Waals surface area (Å²) in [6.07, 6.45) is 2.99. The number of rotatable bonds is 3. The Balaban J connectivity index is 2.10. The first-order valence-corrected chi connectivity index (χ1v) is 8.41. The van der Waals surface area contributed by atoms with Crippen LogP contribution >= 0.6 is 0 Å². The molecule has 122 valence electrons. The van der Waals surface area contributed by atoms with Gasteiger partial charge in [-0.15, -0.1) is 0 Å². The number of benzene rings is 1. The maximum absolute atomic E-state index is 13.0. The number of hydrogen-bond acceptors (Lipinski definition) is 3. The number of likely N-dealkylation sites (tertiary alicyclic amines) is 1. The number of nitrogens with zero attached hydrogens (tertiary/aromatic N) is 3. The Labute approximate surface area is 135 Å². The second-order valence-electron chi connectivity index (χ2n) is 6.42. The van der Waals surface area contributed by atoms with E-state index in [1.165, 1.54) is 4.68 Å². The van der Waals surface area contributed by atoms with Gasteiger partial charge < -0.3 is 4.90 Å². The third-order valence-electron chi connectivity index (χ3n) is 4.45. The van der Waals surface area contributed by atoms with Crippen LogP contribution in [0.15, 0.2) is 29.1 Å². The van der Waals surface area contributed by atoms with Gasteiger partial charge in [0.2, 0.25) is 0 Å². The van der Waals surface area contributed by atoms with Crippen molar-refractivity contribution >= 4 is 16.7 Å². The van der Waals surface area contributed by atoms with E-state index in [1.807, 2.05) is 30.0 Å². The standard InChI is InChI=1S/C18H23N3O2/c1-3-10-21-17(22)15-9-5-4-8-14(15)16(19-21)18(23)20-11-6-7-13(2)12-20/h4-5,8-9,13H,3,6-7,10-12H2,1-2H3/t13-/m0/s1. The predicted molar refractivity (Wildman–Crippen MR) is 90.6 cm³/mol. The Morgan fingerprint density at radius 2 is 2.04 bits per heavy atom. The summed E-state index contributed by atoms with van der Waals surface area (Å²) in [4.78, 5) is 27.4. The second kappa shape index (κ2) is 6.52. The third kappa shape index (κ3) is 3.00. The predicted octanol–water partition coefficient (Wildman–Crippen LogP) is 2.68. The Kier molecular flexibility index (Phi) is 4.46. The molecule has 2 heterocycles. The Morgan fingerprint density at radius 3 is 2.74 bits per heavy atom. The first-order chi connectivity index (χ1) is 11.1. The molecule has 1 aromatic heterocycles. The molecule has 2 aromatic rings. The van der Waals surface area contributed by atoms with Crippen LogP contribution in [-0.4, -0.2) is 33.7 Å². The van der Waals surface area contributed by atoms with Gasteiger partial charge in [0.05, 0.1) is 5.39 Å². The van der Waals surface area contributed by atoms with Gasteiger partial charge in [0.25, 0.3) is 11.5 Å². The molecule has 1 aliphatic heterocycles. The summed E-state index contributed by atoms with van der Waals surface area (Å²) >= 11 is 0. The molecule has 0 aliphatic carbocycles. The summed E-state index contributed by atoms with van der Waals surface area (Å²) in [5.74, 6) is 0.457. The van der Waals surface area contributed by atoms with Crippen molar-refractivity contribution in [2.45, 2.75) is 39.7 Å². The molecule has 5 nitrogen and oxygen atoms in total. The van der Waals surface area contributed by atoms with E-state index in [0.717, 1.165) is 32.4 Å². The SMILES string of the molecule is CCCn1nc(C(=O)N2CCC[C@H](C)C2)c2ccccc2c1=O. The fourth-order valence-corrected chi connectivity index (χ4v) is 3.28. The van der Waals surface area contributed by atoms with E-state index in [4.69, 9.17) is 0 Å². The van der Waals surface area contributed by atoms with Gasteiger partial charge in [-0.3, -0.25) is 9.59 Å². The van der Waals surface area contributed by atoms with Crippen LogP contribution in [0.4, 0.5) is 0 Å². The normalized spacial score (nSPS) is 18.3. The zero-order chi connectivity index (χ0) is 16.4. The average Bonchev–Trinajstić information content (AvgIpc) is 2.57. The molecule has 0 spiro atoms. The van der Waals surface area contributed by atoms with Crippen LogP contribution in [0.25, 0.3) is 10.8 Å². The first-order valence-electron chi connectivity index (χ1n) is 8.41. The number of aryl methyl sites for hydroxylation is 1. The van der Waals surface area contributed by atoms with Gasteiger partial charge in [0, 0.05) is 25.0 Å². The first kappa shape index (κ1) is 15.7. The van der Waals surface area contributed by atoms with Crippen LogP contribution < -0.4 is 5.56 Å². The lowest BCUT2D eigenvalue weighted by molar-refractivity contribution is 0.0676. The van der Waals surface area contributed by atoms with Crippen molar-refractivity contribution in [2.24, 2.45) is 5.92 Å². The minimum atomic E-state index is -0.119. The van der Waals surface area contributed by atoms with Crippen LogP contribution in [0.5, 0.6) is 0 Å². The van der Waals surface area contributed by atoms with Gasteiger partial charge in [-0.05, 0) is 31.2 Å². The lowest BCUT2D eigenvalue weighted by Crippen LogP contribution is -2.40. The molecule has 1 amide bonds. The Bertz CT molecular complexity index is 781. The molecule has 0 unspecified atom stereocenters. The lowest BCUT2D eigenvalue weighted by Gasteiger charge is -2.31. The number of carbonyl (C=O) groups is 1. The molecule has 23 heavy (non-hydrogen) atoms. The van der Waals surface area contributed by atoms with E-state index in [9.17, 15) is 9.59 Å². The largest absolute Gasteiger partial charge is 0.337 e. The van der Waals surface area contributed by atoms with E-state index in [-0.39, 0.29) is 11.5 Å². The van der Waals surface area contributed by atoms with E-state index < -0.39 is 0 Å². The van der Waals surface area contributed by atoms with E-state index in [0.29, 0.717) is 28.9 Å².